The predicted octanol–water partition coefficient (Wildman–Crippen LogP) is 4.18. The minimum absolute atomic E-state index is 0.0368. The molecule has 4 heteroatoms. The fourth-order valence-electron chi connectivity index (χ4n) is 3.22. The number of hydrogen-bond donors (Lipinski definition) is 1. The highest BCUT2D eigenvalue weighted by Crippen LogP contribution is 2.14. The Morgan fingerprint density at radius 1 is 1.00 bits per heavy atom. The summed E-state index contributed by atoms with van der Waals surface area (Å²) in [5.41, 5.74) is 4.27. The van der Waals surface area contributed by atoms with Gasteiger partial charge in [0.15, 0.2) is 0 Å². The fourth-order valence-corrected chi connectivity index (χ4v) is 3.22. The van der Waals surface area contributed by atoms with E-state index in [1.807, 2.05) is 63.2 Å². The quantitative estimate of drug-likeness (QED) is 0.664. The number of aryl methyl sites for hydroxylation is 2. The third-order valence-electron chi connectivity index (χ3n) is 4.87. The number of nitrogens with zero attached hydrogens (tertiary/aromatic N) is 1. The van der Waals surface area contributed by atoms with Crippen molar-refractivity contribution in [3.63, 3.8) is 0 Å². The summed E-state index contributed by atoms with van der Waals surface area (Å²) >= 11 is 0. The molecule has 0 aromatic heterocycles. The number of amides is 2. The zero-order chi connectivity index (χ0) is 20.5. The molecule has 0 heterocycles. The number of hydrogen-bond acceptors (Lipinski definition) is 2. The van der Waals surface area contributed by atoms with Crippen LogP contribution in [0, 0.1) is 13.8 Å². The molecule has 0 aliphatic heterocycles. The van der Waals surface area contributed by atoms with Crippen LogP contribution < -0.4 is 5.32 Å². The molecule has 2 amide bonds. The third-order valence-corrected chi connectivity index (χ3v) is 4.87. The van der Waals surface area contributed by atoms with Crippen LogP contribution in [-0.4, -0.2) is 29.3 Å². The van der Waals surface area contributed by atoms with E-state index in [4.69, 9.17) is 0 Å². The van der Waals surface area contributed by atoms with E-state index < -0.39 is 6.04 Å². The average molecular weight is 381 g/mol. The molecule has 0 aliphatic rings. The Morgan fingerprint density at radius 2 is 1.61 bits per heavy atom. The van der Waals surface area contributed by atoms with Crippen molar-refractivity contribution in [2.45, 2.75) is 59.5 Å². The molecule has 0 saturated carbocycles. The summed E-state index contributed by atoms with van der Waals surface area (Å²) in [6.07, 6.45) is 2.25. The first-order valence-corrected chi connectivity index (χ1v) is 10.1. The van der Waals surface area contributed by atoms with Crippen LogP contribution in [0.2, 0.25) is 0 Å². The van der Waals surface area contributed by atoms with Crippen LogP contribution in [0.15, 0.2) is 48.5 Å². The Hall–Kier alpha value is -2.62. The fraction of sp³-hybridized carbons (Fsp3) is 0.417. The van der Waals surface area contributed by atoms with Gasteiger partial charge in [-0.25, -0.2) is 0 Å². The van der Waals surface area contributed by atoms with Gasteiger partial charge in [0.1, 0.15) is 6.04 Å². The SMILES string of the molecule is CCCCNC(=O)[C@@H](C)N(Cc1cccc(C)c1)C(=O)Cc1cccc(C)c1. The number of carbonyl (C=O) groups excluding carboxylic acids is 2. The van der Waals surface area contributed by atoms with Gasteiger partial charge in [-0.3, -0.25) is 9.59 Å². The lowest BCUT2D eigenvalue weighted by molar-refractivity contribution is -0.140. The second-order valence-corrected chi connectivity index (χ2v) is 7.50. The summed E-state index contributed by atoms with van der Waals surface area (Å²) in [6, 6.07) is 15.5. The molecule has 0 fully saturated rings. The molecule has 0 spiro atoms. The van der Waals surface area contributed by atoms with Gasteiger partial charge < -0.3 is 10.2 Å². The molecule has 0 aliphatic carbocycles. The molecule has 2 aromatic carbocycles. The van der Waals surface area contributed by atoms with E-state index in [-0.39, 0.29) is 11.8 Å². The molecular weight excluding hydrogens is 348 g/mol. The second-order valence-electron chi connectivity index (χ2n) is 7.50. The van der Waals surface area contributed by atoms with Crippen LogP contribution in [0.1, 0.15) is 48.9 Å². The van der Waals surface area contributed by atoms with Crippen LogP contribution >= 0.6 is 0 Å². The van der Waals surface area contributed by atoms with E-state index in [0.717, 1.165) is 35.1 Å². The second kappa shape index (κ2) is 10.6. The molecule has 28 heavy (non-hydrogen) atoms. The van der Waals surface area contributed by atoms with Crippen molar-refractivity contribution >= 4 is 11.8 Å². The highest BCUT2D eigenvalue weighted by Gasteiger charge is 2.26. The minimum Gasteiger partial charge on any atom is -0.354 e. The van der Waals surface area contributed by atoms with Gasteiger partial charge >= 0.3 is 0 Å². The van der Waals surface area contributed by atoms with Gasteiger partial charge in [-0.1, -0.05) is 73.0 Å². The number of rotatable bonds is 9. The van der Waals surface area contributed by atoms with Gasteiger partial charge in [0.05, 0.1) is 6.42 Å². The Balaban J connectivity index is 2.18. The van der Waals surface area contributed by atoms with Gasteiger partial charge in [0.2, 0.25) is 11.8 Å². The minimum atomic E-state index is -0.519. The van der Waals surface area contributed by atoms with Crippen molar-refractivity contribution in [3.8, 4) is 0 Å². The topological polar surface area (TPSA) is 49.4 Å². The van der Waals surface area contributed by atoms with Gasteiger partial charge in [-0.2, -0.15) is 0 Å². The average Bonchev–Trinajstić information content (AvgIpc) is 2.65. The highest BCUT2D eigenvalue weighted by molar-refractivity contribution is 5.88. The van der Waals surface area contributed by atoms with Crippen LogP contribution in [0.4, 0.5) is 0 Å². The van der Waals surface area contributed by atoms with E-state index in [1.54, 1.807) is 4.90 Å². The van der Waals surface area contributed by atoms with Crippen molar-refractivity contribution in [1.29, 1.82) is 0 Å². The summed E-state index contributed by atoms with van der Waals surface area (Å²) in [7, 11) is 0. The summed E-state index contributed by atoms with van der Waals surface area (Å²) in [5, 5.41) is 2.96. The third kappa shape index (κ3) is 6.52. The maximum Gasteiger partial charge on any atom is 0.242 e. The first-order chi connectivity index (χ1) is 13.4. The van der Waals surface area contributed by atoms with E-state index in [0.29, 0.717) is 19.5 Å². The first kappa shape index (κ1) is 21.7. The first-order valence-electron chi connectivity index (χ1n) is 10.1. The number of benzene rings is 2. The molecule has 1 N–H and O–H groups in total. The number of carbonyl (C=O) groups is 2. The van der Waals surface area contributed by atoms with E-state index in [1.165, 1.54) is 0 Å². The molecule has 2 aromatic rings. The van der Waals surface area contributed by atoms with Gasteiger partial charge in [0.25, 0.3) is 0 Å². The Kier molecular flexibility index (Phi) is 8.24. The maximum absolute atomic E-state index is 13.1. The van der Waals surface area contributed by atoms with Crippen molar-refractivity contribution < 1.29 is 9.59 Å². The molecule has 0 unspecified atom stereocenters. The standard InChI is InChI=1S/C24H32N2O2/c1-5-6-13-25-24(28)20(4)26(17-22-12-8-10-19(3)15-22)23(27)16-21-11-7-9-18(2)14-21/h7-12,14-15,20H,5-6,13,16-17H2,1-4H3,(H,25,28)/t20-/m1/s1. The van der Waals surface area contributed by atoms with Crippen LogP contribution in [-0.2, 0) is 22.6 Å². The van der Waals surface area contributed by atoms with Crippen LogP contribution in [0.5, 0.6) is 0 Å². The summed E-state index contributed by atoms with van der Waals surface area (Å²) in [4.78, 5) is 27.5. The zero-order valence-electron chi connectivity index (χ0n) is 17.5. The van der Waals surface area contributed by atoms with E-state index in [2.05, 4.69) is 18.3 Å². The van der Waals surface area contributed by atoms with Gasteiger partial charge in [-0.15, -0.1) is 0 Å². The van der Waals surface area contributed by atoms with Crippen molar-refractivity contribution in [2.75, 3.05) is 6.54 Å². The summed E-state index contributed by atoms with van der Waals surface area (Å²) in [6.45, 7) is 9.01. The summed E-state index contributed by atoms with van der Waals surface area (Å²) < 4.78 is 0. The van der Waals surface area contributed by atoms with Crippen molar-refractivity contribution in [3.05, 3.63) is 70.8 Å². The molecule has 1 atom stereocenters. The highest BCUT2D eigenvalue weighted by atomic mass is 16.2. The number of unbranched alkanes of at least 4 members (excludes halogenated alkanes) is 1. The van der Waals surface area contributed by atoms with Crippen molar-refractivity contribution in [2.24, 2.45) is 0 Å². The Bertz CT molecular complexity index is 801. The Morgan fingerprint density at radius 3 is 2.21 bits per heavy atom. The maximum atomic E-state index is 13.1. The molecule has 0 saturated heterocycles. The molecule has 0 bridgehead atoms. The van der Waals surface area contributed by atoms with E-state index in [9.17, 15) is 9.59 Å². The summed E-state index contributed by atoms with van der Waals surface area (Å²) in [5.74, 6) is -0.135. The number of nitrogens with one attached hydrogen (secondary N) is 1. The van der Waals surface area contributed by atoms with Crippen molar-refractivity contribution in [1.82, 2.24) is 10.2 Å². The Labute approximate surface area is 169 Å². The lowest BCUT2D eigenvalue weighted by atomic mass is 10.1. The van der Waals surface area contributed by atoms with Gasteiger partial charge in [-0.05, 0) is 38.3 Å². The predicted molar refractivity (Wildman–Crippen MR) is 114 cm³/mol. The molecule has 2 rings (SSSR count). The lowest BCUT2D eigenvalue weighted by Crippen LogP contribution is -2.48. The molecule has 150 valence electrons. The smallest absolute Gasteiger partial charge is 0.242 e. The lowest BCUT2D eigenvalue weighted by Gasteiger charge is -2.29. The monoisotopic (exact) mass is 380 g/mol. The van der Waals surface area contributed by atoms with Crippen LogP contribution in [0.3, 0.4) is 0 Å². The zero-order valence-corrected chi connectivity index (χ0v) is 17.5. The normalized spacial score (nSPS) is 11.7. The molecule has 0 radical (unpaired) electrons. The molecule has 4 nitrogen and oxygen atoms in total. The van der Waals surface area contributed by atoms with Gasteiger partial charge in [0, 0.05) is 13.1 Å². The molecular formula is C24H32N2O2. The van der Waals surface area contributed by atoms with Crippen LogP contribution in [0.25, 0.3) is 0 Å². The van der Waals surface area contributed by atoms with E-state index >= 15 is 0 Å². The largest absolute Gasteiger partial charge is 0.354 e.